The van der Waals surface area contributed by atoms with Crippen molar-refractivity contribution in [2.75, 3.05) is 17.7 Å². The Bertz CT molecular complexity index is 330. The summed E-state index contributed by atoms with van der Waals surface area (Å²) in [5.74, 6) is 1.10. The van der Waals surface area contributed by atoms with Gasteiger partial charge in [-0.3, -0.25) is 0 Å². The molecule has 5 nitrogen and oxygen atoms in total. The van der Waals surface area contributed by atoms with Crippen molar-refractivity contribution in [1.82, 2.24) is 9.97 Å². The summed E-state index contributed by atoms with van der Waals surface area (Å²) in [4.78, 5) is 8.10. The molecule has 1 atom stereocenters. The Kier molecular flexibility index (Phi) is 4.82. The van der Waals surface area contributed by atoms with Gasteiger partial charge in [0.15, 0.2) is 5.82 Å². The molecule has 5 heteroatoms. The highest BCUT2D eigenvalue weighted by atomic mass is 16.5. The molecule has 1 unspecified atom stereocenters. The third kappa shape index (κ3) is 3.25. The molecule has 0 saturated carbocycles. The lowest BCUT2D eigenvalue weighted by molar-refractivity contribution is 0.328. The largest absolute Gasteiger partial charge is 0.476 e. The number of aromatic nitrogens is 2. The van der Waals surface area contributed by atoms with E-state index in [1.165, 1.54) is 6.33 Å². The minimum Gasteiger partial charge on any atom is -0.476 e. The summed E-state index contributed by atoms with van der Waals surface area (Å²) in [6.07, 6.45) is 3.66. The number of hydrogen-bond acceptors (Lipinski definition) is 5. The fourth-order valence-electron chi connectivity index (χ4n) is 1.48. The molecule has 0 radical (unpaired) electrons. The van der Waals surface area contributed by atoms with Gasteiger partial charge in [-0.05, 0) is 20.3 Å². The van der Waals surface area contributed by atoms with Gasteiger partial charge in [0.2, 0.25) is 5.88 Å². The van der Waals surface area contributed by atoms with Crippen molar-refractivity contribution in [3.8, 4) is 5.88 Å². The zero-order valence-electron chi connectivity index (χ0n) is 10.2. The molecule has 1 rings (SSSR count). The first-order chi connectivity index (χ1) is 7.69. The SMILES string of the molecule is CCCC(C)Nc1ncnc(OCC)c1N. The van der Waals surface area contributed by atoms with Crippen LogP contribution in [-0.4, -0.2) is 22.6 Å². The zero-order chi connectivity index (χ0) is 12.0. The van der Waals surface area contributed by atoms with Crippen LogP contribution in [0.2, 0.25) is 0 Å². The molecule has 16 heavy (non-hydrogen) atoms. The molecular weight excluding hydrogens is 204 g/mol. The van der Waals surface area contributed by atoms with Crippen LogP contribution in [0.3, 0.4) is 0 Å². The summed E-state index contributed by atoms with van der Waals surface area (Å²) < 4.78 is 5.30. The molecule has 0 amide bonds. The van der Waals surface area contributed by atoms with E-state index < -0.39 is 0 Å². The van der Waals surface area contributed by atoms with E-state index in [9.17, 15) is 0 Å². The van der Waals surface area contributed by atoms with Gasteiger partial charge in [-0.2, -0.15) is 4.98 Å². The van der Waals surface area contributed by atoms with Crippen LogP contribution in [0, 0.1) is 0 Å². The van der Waals surface area contributed by atoms with Crippen molar-refractivity contribution < 1.29 is 4.74 Å². The third-order valence-electron chi connectivity index (χ3n) is 2.23. The fraction of sp³-hybridized carbons (Fsp3) is 0.636. The number of nitrogens with zero attached hydrogens (tertiary/aromatic N) is 2. The van der Waals surface area contributed by atoms with Crippen LogP contribution in [0.15, 0.2) is 6.33 Å². The van der Waals surface area contributed by atoms with Crippen molar-refractivity contribution in [1.29, 1.82) is 0 Å². The summed E-state index contributed by atoms with van der Waals surface area (Å²) in [6.45, 7) is 6.69. The lowest BCUT2D eigenvalue weighted by Gasteiger charge is -2.15. The van der Waals surface area contributed by atoms with Gasteiger partial charge >= 0.3 is 0 Å². The summed E-state index contributed by atoms with van der Waals surface area (Å²) in [5.41, 5.74) is 6.38. The topological polar surface area (TPSA) is 73.1 Å². The maximum atomic E-state index is 5.90. The van der Waals surface area contributed by atoms with Gasteiger partial charge in [0.25, 0.3) is 0 Å². The maximum absolute atomic E-state index is 5.90. The number of ether oxygens (including phenoxy) is 1. The van der Waals surface area contributed by atoms with Gasteiger partial charge < -0.3 is 15.8 Å². The summed E-state index contributed by atoms with van der Waals surface area (Å²) in [7, 11) is 0. The van der Waals surface area contributed by atoms with Gasteiger partial charge in [-0.25, -0.2) is 4.98 Å². The number of nitrogen functional groups attached to an aromatic ring is 1. The smallest absolute Gasteiger partial charge is 0.242 e. The molecular formula is C11H20N4O. The minimum absolute atomic E-state index is 0.344. The molecule has 1 aromatic rings. The van der Waals surface area contributed by atoms with E-state index in [0.717, 1.165) is 12.8 Å². The number of anilines is 2. The highest BCUT2D eigenvalue weighted by Crippen LogP contribution is 2.25. The number of nitrogens with two attached hydrogens (primary N) is 1. The molecule has 0 aliphatic rings. The van der Waals surface area contributed by atoms with E-state index in [4.69, 9.17) is 10.5 Å². The molecule has 0 fully saturated rings. The molecule has 0 saturated heterocycles. The first-order valence-corrected chi connectivity index (χ1v) is 5.68. The standard InChI is InChI=1S/C11H20N4O/c1-4-6-8(3)15-10-9(12)11(16-5-2)14-7-13-10/h7-8H,4-6,12H2,1-3H3,(H,13,14,15). The predicted molar refractivity (Wildman–Crippen MR) is 65.6 cm³/mol. The number of hydrogen-bond donors (Lipinski definition) is 2. The zero-order valence-corrected chi connectivity index (χ0v) is 10.2. The van der Waals surface area contributed by atoms with Crippen molar-refractivity contribution in [3.05, 3.63) is 6.33 Å². The average molecular weight is 224 g/mol. The van der Waals surface area contributed by atoms with Crippen molar-refractivity contribution in [3.63, 3.8) is 0 Å². The molecule has 0 bridgehead atoms. The van der Waals surface area contributed by atoms with Crippen LogP contribution >= 0.6 is 0 Å². The highest BCUT2D eigenvalue weighted by Gasteiger charge is 2.10. The number of rotatable bonds is 6. The Morgan fingerprint density at radius 2 is 2.19 bits per heavy atom. The summed E-state index contributed by atoms with van der Waals surface area (Å²) in [6, 6.07) is 0.344. The predicted octanol–water partition coefficient (Wildman–Crippen LogP) is 2.06. The average Bonchev–Trinajstić information content (AvgIpc) is 2.24. The second kappa shape index (κ2) is 6.15. The fourth-order valence-corrected chi connectivity index (χ4v) is 1.48. The van der Waals surface area contributed by atoms with Gasteiger partial charge in [-0.15, -0.1) is 0 Å². The Morgan fingerprint density at radius 3 is 2.81 bits per heavy atom. The first kappa shape index (κ1) is 12.5. The van der Waals surface area contributed by atoms with Crippen LogP contribution < -0.4 is 15.8 Å². The Morgan fingerprint density at radius 1 is 1.44 bits per heavy atom. The van der Waals surface area contributed by atoms with E-state index in [2.05, 4.69) is 29.1 Å². The van der Waals surface area contributed by atoms with Crippen LogP contribution in [0.25, 0.3) is 0 Å². The van der Waals surface area contributed by atoms with E-state index in [-0.39, 0.29) is 0 Å². The normalized spacial score (nSPS) is 12.2. The van der Waals surface area contributed by atoms with Crippen molar-refractivity contribution in [2.24, 2.45) is 0 Å². The molecule has 0 spiro atoms. The van der Waals surface area contributed by atoms with Crippen LogP contribution in [0.1, 0.15) is 33.6 Å². The van der Waals surface area contributed by atoms with E-state index >= 15 is 0 Å². The van der Waals surface area contributed by atoms with E-state index in [0.29, 0.717) is 30.0 Å². The second-order valence-electron chi connectivity index (χ2n) is 3.71. The van der Waals surface area contributed by atoms with E-state index in [1.54, 1.807) is 0 Å². The molecule has 3 N–H and O–H groups in total. The second-order valence-corrected chi connectivity index (χ2v) is 3.71. The minimum atomic E-state index is 0.344. The lowest BCUT2D eigenvalue weighted by Crippen LogP contribution is -2.17. The van der Waals surface area contributed by atoms with Crippen molar-refractivity contribution >= 4 is 11.5 Å². The summed E-state index contributed by atoms with van der Waals surface area (Å²) in [5, 5.41) is 3.25. The van der Waals surface area contributed by atoms with Crippen LogP contribution in [-0.2, 0) is 0 Å². The highest BCUT2D eigenvalue weighted by molar-refractivity contribution is 5.66. The monoisotopic (exact) mass is 224 g/mol. The molecule has 0 aliphatic carbocycles. The number of nitrogens with one attached hydrogen (secondary N) is 1. The molecule has 1 aromatic heterocycles. The Labute approximate surface area is 96.4 Å². The van der Waals surface area contributed by atoms with Crippen molar-refractivity contribution in [2.45, 2.75) is 39.7 Å². The maximum Gasteiger partial charge on any atom is 0.242 e. The van der Waals surface area contributed by atoms with E-state index in [1.807, 2.05) is 6.92 Å². The molecule has 1 heterocycles. The summed E-state index contributed by atoms with van der Waals surface area (Å²) >= 11 is 0. The third-order valence-corrected chi connectivity index (χ3v) is 2.23. The van der Waals surface area contributed by atoms with Gasteiger partial charge in [-0.1, -0.05) is 13.3 Å². The quantitative estimate of drug-likeness (QED) is 0.773. The van der Waals surface area contributed by atoms with Gasteiger partial charge in [0, 0.05) is 6.04 Å². The van der Waals surface area contributed by atoms with Crippen LogP contribution in [0.4, 0.5) is 11.5 Å². The first-order valence-electron chi connectivity index (χ1n) is 5.68. The van der Waals surface area contributed by atoms with Gasteiger partial charge in [0.05, 0.1) is 6.61 Å². The molecule has 0 aromatic carbocycles. The lowest BCUT2D eigenvalue weighted by atomic mass is 10.2. The van der Waals surface area contributed by atoms with Gasteiger partial charge in [0.1, 0.15) is 12.0 Å². The Hall–Kier alpha value is -1.52. The van der Waals surface area contributed by atoms with Crippen LogP contribution in [0.5, 0.6) is 5.88 Å². The molecule has 0 aliphatic heterocycles. The molecule has 90 valence electrons. The Balaban J connectivity index is 2.76.